The highest BCUT2D eigenvalue weighted by molar-refractivity contribution is 5.96. The number of rotatable bonds is 19. The molecule has 0 fully saturated rings. The summed E-state index contributed by atoms with van der Waals surface area (Å²) >= 11 is 0. The number of aryl methyl sites for hydroxylation is 2. The lowest BCUT2D eigenvalue weighted by Crippen LogP contribution is -2.13. The maximum atomic E-state index is 14.1. The number of carbonyl (C=O) groups is 1. The summed E-state index contributed by atoms with van der Waals surface area (Å²) in [6.45, 7) is 7.19. The van der Waals surface area contributed by atoms with Crippen molar-refractivity contribution in [2.24, 2.45) is 5.73 Å². The highest BCUT2D eigenvalue weighted by Gasteiger charge is 2.32. The molecule has 11 heteroatoms. The number of ketones is 1. The zero-order valence-corrected chi connectivity index (χ0v) is 30.4. The molecule has 0 aliphatic heterocycles. The van der Waals surface area contributed by atoms with Crippen molar-refractivity contribution in [1.82, 2.24) is 9.55 Å². The Bertz CT molecular complexity index is 1920. The molecule has 1 aromatic heterocycles. The van der Waals surface area contributed by atoms with Crippen LogP contribution >= 0.6 is 0 Å². The van der Waals surface area contributed by atoms with Gasteiger partial charge in [-0.05, 0) is 73.9 Å². The van der Waals surface area contributed by atoms with E-state index in [4.69, 9.17) is 29.7 Å². The summed E-state index contributed by atoms with van der Waals surface area (Å²) in [6, 6.07) is 26.8. The first kappa shape index (κ1) is 39.4. The number of hydrogen-bond donors (Lipinski definition) is 1. The number of hydrogen-bond acceptors (Lipinski definition) is 7. The summed E-state index contributed by atoms with van der Waals surface area (Å²) in [6.07, 6.45) is -3.63. The fourth-order valence-corrected chi connectivity index (χ4v) is 5.94. The number of nitrogens with two attached hydrogens (primary N) is 1. The number of ether oxygens (including phenoxy) is 4. The van der Waals surface area contributed by atoms with Gasteiger partial charge in [-0.3, -0.25) is 4.79 Å². The van der Waals surface area contributed by atoms with E-state index in [1.54, 1.807) is 32.2 Å². The third-order valence-electron chi connectivity index (χ3n) is 8.63. The molecule has 53 heavy (non-hydrogen) atoms. The topological polar surface area (TPSA) is 97.8 Å². The Morgan fingerprint density at radius 3 is 1.98 bits per heavy atom. The molecule has 5 aromatic rings. The van der Waals surface area contributed by atoms with Crippen molar-refractivity contribution < 1.29 is 36.9 Å². The number of alkyl halides is 3. The number of benzene rings is 4. The fourth-order valence-electron chi connectivity index (χ4n) is 5.94. The van der Waals surface area contributed by atoms with Gasteiger partial charge in [0.2, 0.25) is 0 Å². The van der Waals surface area contributed by atoms with Gasteiger partial charge in [-0.15, -0.1) is 0 Å². The molecule has 0 saturated carbocycles. The summed E-state index contributed by atoms with van der Waals surface area (Å²) in [4.78, 5) is 18.1. The largest absolute Gasteiger partial charge is 0.497 e. The van der Waals surface area contributed by atoms with E-state index in [0.717, 1.165) is 40.1 Å². The molecule has 0 amide bonds. The summed E-state index contributed by atoms with van der Waals surface area (Å²) in [7, 11) is 1.59. The van der Waals surface area contributed by atoms with E-state index in [1.807, 2.05) is 72.2 Å². The molecule has 2 N–H and O–H groups in total. The minimum Gasteiger partial charge on any atom is -0.497 e. The Kier molecular flexibility index (Phi) is 14.0. The van der Waals surface area contributed by atoms with Crippen LogP contribution in [0.4, 0.5) is 13.2 Å². The van der Waals surface area contributed by atoms with Gasteiger partial charge in [-0.1, -0.05) is 54.1 Å². The van der Waals surface area contributed by atoms with Crippen LogP contribution in [0, 0.1) is 13.8 Å². The highest BCUT2D eigenvalue weighted by atomic mass is 19.4. The minimum absolute atomic E-state index is 0.00297. The molecule has 1 heterocycles. The summed E-state index contributed by atoms with van der Waals surface area (Å²) in [5.41, 5.74) is 11.0. The van der Waals surface area contributed by atoms with Crippen LogP contribution in [0.5, 0.6) is 5.75 Å². The molecule has 0 atom stereocenters. The van der Waals surface area contributed by atoms with Crippen LogP contribution in [0.1, 0.15) is 45.5 Å². The number of carbonyl (C=O) groups excluding carboxylic acids is 1. The maximum Gasteiger partial charge on any atom is 0.416 e. The zero-order chi connectivity index (χ0) is 37.8. The number of halogens is 3. The molecule has 4 aromatic carbocycles. The van der Waals surface area contributed by atoms with E-state index in [-0.39, 0.29) is 12.3 Å². The van der Waals surface area contributed by atoms with Crippen molar-refractivity contribution in [1.29, 1.82) is 0 Å². The van der Waals surface area contributed by atoms with Crippen molar-refractivity contribution in [2.45, 2.75) is 39.4 Å². The van der Waals surface area contributed by atoms with Gasteiger partial charge in [0.15, 0.2) is 5.78 Å². The number of imidazole rings is 1. The third-order valence-corrected chi connectivity index (χ3v) is 8.63. The number of nitrogens with zero attached hydrogens (tertiary/aromatic N) is 2. The first-order chi connectivity index (χ1) is 25.6. The lowest BCUT2D eigenvalue weighted by molar-refractivity contribution is -0.137. The van der Waals surface area contributed by atoms with Crippen LogP contribution in [0.25, 0.3) is 33.9 Å². The summed E-state index contributed by atoms with van der Waals surface area (Å²) in [5.74, 6) is 1.06. The molecule has 0 radical (unpaired) electrons. The molecule has 8 nitrogen and oxygen atoms in total. The Labute approximate surface area is 308 Å². The lowest BCUT2D eigenvalue weighted by Gasteiger charge is -2.16. The monoisotopic (exact) mass is 729 g/mol. The normalized spacial score (nSPS) is 11.6. The Hall–Kier alpha value is -4.81. The maximum absolute atomic E-state index is 14.1. The van der Waals surface area contributed by atoms with Crippen LogP contribution in [-0.2, 0) is 26.9 Å². The van der Waals surface area contributed by atoms with Gasteiger partial charge in [-0.25, -0.2) is 4.98 Å². The molecule has 0 bridgehead atoms. The molecular formula is C42H46F3N3O5. The molecule has 0 saturated heterocycles. The number of aromatic nitrogens is 2. The Morgan fingerprint density at radius 1 is 0.736 bits per heavy atom. The van der Waals surface area contributed by atoms with Crippen molar-refractivity contribution in [3.05, 3.63) is 119 Å². The van der Waals surface area contributed by atoms with Crippen LogP contribution in [0.3, 0.4) is 0 Å². The van der Waals surface area contributed by atoms with Crippen molar-refractivity contribution >= 4 is 5.78 Å². The van der Waals surface area contributed by atoms with E-state index >= 15 is 0 Å². The minimum atomic E-state index is -4.53. The van der Waals surface area contributed by atoms with Gasteiger partial charge in [0.25, 0.3) is 0 Å². The smallest absolute Gasteiger partial charge is 0.416 e. The van der Waals surface area contributed by atoms with Crippen LogP contribution in [-0.4, -0.2) is 68.6 Å². The van der Waals surface area contributed by atoms with Crippen LogP contribution < -0.4 is 10.5 Å². The van der Waals surface area contributed by atoms with E-state index in [9.17, 15) is 18.0 Å². The first-order valence-electron chi connectivity index (χ1n) is 17.6. The average Bonchev–Trinajstić information content (AvgIpc) is 3.52. The van der Waals surface area contributed by atoms with E-state index in [1.165, 1.54) is 0 Å². The second-order valence-corrected chi connectivity index (χ2v) is 12.7. The quantitative estimate of drug-likeness (QED) is 0.0672. The predicted molar refractivity (Wildman–Crippen MR) is 200 cm³/mol. The van der Waals surface area contributed by atoms with Gasteiger partial charge < -0.3 is 29.2 Å². The molecule has 280 valence electrons. The van der Waals surface area contributed by atoms with Crippen molar-refractivity contribution in [3.8, 4) is 39.7 Å². The van der Waals surface area contributed by atoms with E-state index in [0.29, 0.717) is 93.0 Å². The van der Waals surface area contributed by atoms with Crippen molar-refractivity contribution in [2.75, 3.05) is 53.3 Å². The molecule has 0 aliphatic carbocycles. The molecular weight excluding hydrogens is 683 g/mol. The van der Waals surface area contributed by atoms with Gasteiger partial charge in [0.1, 0.15) is 11.6 Å². The SMILES string of the molecule is COc1ccc(-c2c(-c3ccc(C)cc3)nc(-c3cc(C)cc(C(F)(F)F)c3)n2Cc2ccc(C(=O)CCCOCCOCCOCCN)cc2)cc1. The predicted octanol–water partition coefficient (Wildman–Crippen LogP) is 8.55. The zero-order valence-electron chi connectivity index (χ0n) is 30.4. The summed E-state index contributed by atoms with van der Waals surface area (Å²) < 4.78 is 65.8. The second kappa shape index (κ2) is 18.8. The highest BCUT2D eigenvalue weighted by Crippen LogP contribution is 2.39. The van der Waals surface area contributed by atoms with Gasteiger partial charge in [0, 0.05) is 48.4 Å². The van der Waals surface area contributed by atoms with Crippen LogP contribution in [0.2, 0.25) is 0 Å². The standard InChI is InChI=1S/C42H46F3N3O5/c1-29-6-10-33(11-7-29)39-40(34-14-16-37(50-3)17-15-34)48(41(47-39)35-25-30(2)26-36(27-35)42(43,44)45)28-31-8-12-32(13-9-31)38(49)5-4-19-51-21-23-53-24-22-52-20-18-46/h6-17,25-27H,4-5,18-24,28,46H2,1-3H3. The Balaban J connectivity index is 1.41. The van der Waals surface area contributed by atoms with Gasteiger partial charge >= 0.3 is 6.18 Å². The van der Waals surface area contributed by atoms with Gasteiger partial charge in [0.05, 0.1) is 57.1 Å². The van der Waals surface area contributed by atoms with Crippen molar-refractivity contribution in [3.63, 3.8) is 0 Å². The van der Waals surface area contributed by atoms with E-state index < -0.39 is 11.7 Å². The third kappa shape index (κ3) is 10.9. The van der Waals surface area contributed by atoms with Gasteiger partial charge in [-0.2, -0.15) is 13.2 Å². The van der Waals surface area contributed by atoms with E-state index in [2.05, 4.69) is 0 Å². The number of Topliss-reactive ketones (excluding diaryl/α,β-unsaturated/α-hetero) is 1. The molecule has 0 aliphatic rings. The second-order valence-electron chi connectivity index (χ2n) is 12.7. The average molecular weight is 730 g/mol. The Morgan fingerprint density at radius 2 is 1.36 bits per heavy atom. The molecule has 0 unspecified atom stereocenters. The summed E-state index contributed by atoms with van der Waals surface area (Å²) in [5, 5.41) is 0. The fraction of sp³-hybridized carbons (Fsp3) is 0.333. The first-order valence-corrected chi connectivity index (χ1v) is 17.6. The molecule has 5 rings (SSSR count). The van der Waals surface area contributed by atoms with Crippen LogP contribution in [0.15, 0.2) is 91.0 Å². The lowest BCUT2D eigenvalue weighted by atomic mass is 10.0. The molecule has 0 spiro atoms. The number of methoxy groups -OCH3 is 1.